The third-order valence-electron chi connectivity index (χ3n) is 4.12. The van der Waals surface area contributed by atoms with E-state index in [2.05, 4.69) is 5.32 Å². The van der Waals surface area contributed by atoms with Crippen LogP contribution >= 0.6 is 0 Å². The largest absolute Gasteiger partial charge is 0.484 e. The summed E-state index contributed by atoms with van der Waals surface area (Å²) < 4.78 is 21.2. The van der Waals surface area contributed by atoms with E-state index in [1.54, 1.807) is 24.3 Å². The zero-order valence-corrected chi connectivity index (χ0v) is 15.7. The first kappa shape index (κ1) is 19.5. The highest BCUT2D eigenvalue weighted by molar-refractivity contribution is 5.89. The van der Waals surface area contributed by atoms with E-state index in [0.717, 1.165) is 18.4 Å². The van der Waals surface area contributed by atoms with Gasteiger partial charge in [-0.05, 0) is 48.4 Å². The lowest BCUT2D eigenvalue weighted by Gasteiger charge is -2.09. The highest BCUT2D eigenvalue weighted by Gasteiger charge is 2.13. The van der Waals surface area contributed by atoms with Crippen LogP contribution in [0, 0.1) is 0 Å². The molecule has 1 aliphatic rings. The Bertz CT molecular complexity index is 818. The maximum Gasteiger partial charge on any atom is 0.338 e. The van der Waals surface area contributed by atoms with Gasteiger partial charge in [0.2, 0.25) is 6.79 Å². The molecular formula is C21H23NO6. The van der Waals surface area contributed by atoms with Crippen molar-refractivity contribution in [2.75, 3.05) is 20.0 Å². The van der Waals surface area contributed by atoms with Gasteiger partial charge in [0.1, 0.15) is 5.75 Å². The van der Waals surface area contributed by atoms with Crippen LogP contribution < -0.4 is 19.5 Å². The van der Waals surface area contributed by atoms with Gasteiger partial charge in [-0.2, -0.15) is 0 Å². The number of unbranched alkanes of at least 4 members (excludes halogenated alkanes) is 1. The standard InChI is InChI=1S/C21H23NO6/c1-2-3-10-25-21(24)16-5-7-17(8-6-16)26-13-20(23)22-12-15-4-9-18-19(11-15)28-14-27-18/h4-9,11H,2-3,10,12-14H2,1H3,(H,22,23). The van der Waals surface area contributed by atoms with Crippen molar-refractivity contribution in [2.24, 2.45) is 0 Å². The first-order valence-corrected chi connectivity index (χ1v) is 9.21. The number of hydrogen-bond acceptors (Lipinski definition) is 6. The van der Waals surface area contributed by atoms with Crippen LogP contribution in [-0.4, -0.2) is 31.9 Å². The van der Waals surface area contributed by atoms with Crippen LogP contribution in [0.2, 0.25) is 0 Å². The first-order valence-electron chi connectivity index (χ1n) is 9.21. The fourth-order valence-corrected chi connectivity index (χ4v) is 2.53. The number of fused-ring (bicyclic) bond motifs is 1. The van der Waals surface area contributed by atoms with Crippen LogP contribution in [0.25, 0.3) is 0 Å². The van der Waals surface area contributed by atoms with E-state index >= 15 is 0 Å². The summed E-state index contributed by atoms with van der Waals surface area (Å²) in [6, 6.07) is 12.0. The zero-order chi connectivity index (χ0) is 19.8. The molecule has 2 aromatic carbocycles. The van der Waals surface area contributed by atoms with Crippen molar-refractivity contribution in [3.8, 4) is 17.2 Å². The molecule has 148 valence electrons. The fraction of sp³-hybridized carbons (Fsp3) is 0.333. The Morgan fingerprint density at radius 2 is 1.86 bits per heavy atom. The summed E-state index contributed by atoms with van der Waals surface area (Å²) >= 11 is 0. The summed E-state index contributed by atoms with van der Waals surface area (Å²) in [6.07, 6.45) is 1.81. The van der Waals surface area contributed by atoms with E-state index in [0.29, 0.717) is 36.0 Å². The highest BCUT2D eigenvalue weighted by atomic mass is 16.7. The van der Waals surface area contributed by atoms with Gasteiger partial charge in [0, 0.05) is 6.54 Å². The van der Waals surface area contributed by atoms with Crippen LogP contribution in [0.3, 0.4) is 0 Å². The summed E-state index contributed by atoms with van der Waals surface area (Å²) in [5, 5.41) is 2.78. The molecular weight excluding hydrogens is 362 g/mol. The molecule has 0 aromatic heterocycles. The summed E-state index contributed by atoms with van der Waals surface area (Å²) in [4.78, 5) is 23.8. The Morgan fingerprint density at radius 3 is 2.64 bits per heavy atom. The average molecular weight is 385 g/mol. The molecule has 1 heterocycles. The topological polar surface area (TPSA) is 83.1 Å². The molecule has 1 N–H and O–H groups in total. The lowest BCUT2D eigenvalue weighted by Crippen LogP contribution is -2.28. The van der Waals surface area contributed by atoms with Crippen molar-refractivity contribution >= 4 is 11.9 Å². The van der Waals surface area contributed by atoms with Crippen molar-refractivity contribution in [3.63, 3.8) is 0 Å². The van der Waals surface area contributed by atoms with Gasteiger partial charge < -0.3 is 24.3 Å². The van der Waals surface area contributed by atoms with Crippen molar-refractivity contribution in [3.05, 3.63) is 53.6 Å². The minimum absolute atomic E-state index is 0.120. The minimum Gasteiger partial charge on any atom is -0.484 e. The SMILES string of the molecule is CCCCOC(=O)c1ccc(OCC(=O)NCc2ccc3c(c2)OCO3)cc1. The van der Waals surface area contributed by atoms with Gasteiger partial charge >= 0.3 is 5.97 Å². The summed E-state index contributed by atoms with van der Waals surface area (Å²) in [7, 11) is 0. The highest BCUT2D eigenvalue weighted by Crippen LogP contribution is 2.32. The number of esters is 1. The van der Waals surface area contributed by atoms with Crippen molar-refractivity contribution < 1.29 is 28.5 Å². The fourth-order valence-electron chi connectivity index (χ4n) is 2.53. The second-order valence-corrected chi connectivity index (χ2v) is 6.27. The molecule has 7 nitrogen and oxygen atoms in total. The lowest BCUT2D eigenvalue weighted by atomic mass is 10.2. The summed E-state index contributed by atoms with van der Waals surface area (Å²) in [5.41, 5.74) is 1.36. The van der Waals surface area contributed by atoms with E-state index in [9.17, 15) is 9.59 Å². The molecule has 0 bridgehead atoms. The Hall–Kier alpha value is -3.22. The molecule has 1 amide bonds. The molecule has 1 aliphatic heterocycles. The van der Waals surface area contributed by atoms with E-state index in [1.165, 1.54) is 0 Å². The average Bonchev–Trinajstić information content (AvgIpc) is 3.19. The molecule has 2 aromatic rings. The summed E-state index contributed by atoms with van der Waals surface area (Å²) in [5.74, 6) is 1.28. The molecule has 0 spiro atoms. The number of carbonyl (C=O) groups excluding carboxylic acids is 2. The van der Waals surface area contributed by atoms with Gasteiger partial charge in [-0.15, -0.1) is 0 Å². The Labute approximate surface area is 163 Å². The first-order chi connectivity index (χ1) is 13.7. The van der Waals surface area contributed by atoms with Crippen LogP contribution in [-0.2, 0) is 16.1 Å². The molecule has 0 unspecified atom stereocenters. The maximum atomic E-state index is 12.0. The quantitative estimate of drug-likeness (QED) is 0.528. The molecule has 0 atom stereocenters. The number of hydrogen-bond donors (Lipinski definition) is 1. The number of benzene rings is 2. The number of rotatable bonds is 9. The Kier molecular flexibility index (Phi) is 6.73. The smallest absolute Gasteiger partial charge is 0.338 e. The molecule has 3 rings (SSSR count). The zero-order valence-electron chi connectivity index (χ0n) is 15.7. The Balaban J connectivity index is 1.41. The summed E-state index contributed by atoms with van der Waals surface area (Å²) in [6.45, 7) is 2.91. The van der Waals surface area contributed by atoms with Crippen LogP contribution in [0.15, 0.2) is 42.5 Å². The van der Waals surface area contributed by atoms with E-state index in [4.69, 9.17) is 18.9 Å². The maximum absolute atomic E-state index is 12.0. The third-order valence-corrected chi connectivity index (χ3v) is 4.12. The van der Waals surface area contributed by atoms with Crippen LogP contribution in [0.5, 0.6) is 17.2 Å². The lowest BCUT2D eigenvalue weighted by molar-refractivity contribution is -0.123. The molecule has 0 saturated heterocycles. The Morgan fingerprint density at radius 1 is 1.07 bits per heavy atom. The normalized spacial score (nSPS) is 11.8. The van der Waals surface area contributed by atoms with Crippen LogP contribution in [0.1, 0.15) is 35.7 Å². The number of nitrogens with one attached hydrogen (secondary N) is 1. The van der Waals surface area contributed by atoms with Gasteiger partial charge in [-0.25, -0.2) is 4.79 Å². The second-order valence-electron chi connectivity index (χ2n) is 6.27. The van der Waals surface area contributed by atoms with Gasteiger partial charge in [0.05, 0.1) is 12.2 Å². The number of ether oxygens (including phenoxy) is 4. The third kappa shape index (κ3) is 5.39. The van der Waals surface area contributed by atoms with E-state index < -0.39 is 0 Å². The molecule has 28 heavy (non-hydrogen) atoms. The van der Waals surface area contributed by atoms with Crippen molar-refractivity contribution in [1.29, 1.82) is 0 Å². The molecule has 0 aliphatic carbocycles. The van der Waals surface area contributed by atoms with Crippen molar-refractivity contribution in [2.45, 2.75) is 26.3 Å². The van der Waals surface area contributed by atoms with Gasteiger partial charge in [-0.3, -0.25) is 4.79 Å². The van der Waals surface area contributed by atoms with Gasteiger partial charge in [0.15, 0.2) is 18.1 Å². The molecule has 7 heteroatoms. The van der Waals surface area contributed by atoms with Gasteiger partial charge in [0.25, 0.3) is 5.91 Å². The number of carbonyl (C=O) groups is 2. The van der Waals surface area contributed by atoms with Crippen LogP contribution in [0.4, 0.5) is 0 Å². The minimum atomic E-state index is -0.360. The van der Waals surface area contributed by atoms with Gasteiger partial charge in [-0.1, -0.05) is 19.4 Å². The predicted molar refractivity (Wildman–Crippen MR) is 102 cm³/mol. The molecule has 0 saturated carbocycles. The molecule has 0 radical (unpaired) electrons. The van der Waals surface area contributed by atoms with E-state index in [-0.39, 0.29) is 25.3 Å². The monoisotopic (exact) mass is 385 g/mol. The van der Waals surface area contributed by atoms with E-state index in [1.807, 2.05) is 25.1 Å². The predicted octanol–water partition coefficient (Wildman–Crippen LogP) is 3.07. The number of amides is 1. The van der Waals surface area contributed by atoms with Crippen molar-refractivity contribution in [1.82, 2.24) is 5.32 Å². The second kappa shape index (κ2) is 9.64. The molecule has 0 fully saturated rings.